The van der Waals surface area contributed by atoms with Crippen LogP contribution in [0.5, 0.6) is 0 Å². The van der Waals surface area contributed by atoms with Crippen molar-refractivity contribution in [3.05, 3.63) is 34.2 Å². The number of imidazole rings is 1. The van der Waals surface area contributed by atoms with Crippen LogP contribution >= 0.6 is 15.9 Å². The van der Waals surface area contributed by atoms with E-state index < -0.39 is 22.8 Å². The lowest BCUT2D eigenvalue weighted by molar-refractivity contribution is 0.484. The van der Waals surface area contributed by atoms with E-state index in [2.05, 4.69) is 25.3 Å². The molecule has 0 saturated carbocycles. The predicted molar refractivity (Wildman–Crippen MR) is 83.2 cm³/mol. The third-order valence-electron chi connectivity index (χ3n) is 2.54. The van der Waals surface area contributed by atoms with E-state index in [-0.39, 0.29) is 0 Å². The number of fused-ring (bicyclic) bond motifs is 1. The minimum Gasteiger partial charge on any atom is -0.591 e. The van der Waals surface area contributed by atoms with Crippen LogP contribution in [-0.4, -0.2) is 24.9 Å². The highest BCUT2D eigenvalue weighted by molar-refractivity contribution is 9.10. The van der Waals surface area contributed by atoms with Crippen molar-refractivity contribution in [2.24, 2.45) is 4.40 Å². The summed E-state index contributed by atoms with van der Waals surface area (Å²) in [6.07, 6.45) is 4.88. The number of hydrogen-bond acceptors (Lipinski definition) is 3. The molecule has 0 amide bonds. The molecule has 0 saturated heterocycles. The van der Waals surface area contributed by atoms with E-state index in [0.29, 0.717) is 21.4 Å². The van der Waals surface area contributed by atoms with E-state index in [0.717, 1.165) is 0 Å². The third-order valence-corrected chi connectivity index (χ3v) is 4.47. The van der Waals surface area contributed by atoms with E-state index in [1.54, 1.807) is 22.9 Å². The van der Waals surface area contributed by atoms with Crippen molar-refractivity contribution in [2.75, 3.05) is 0 Å². The van der Waals surface area contributed by atoms with E-state index in [1.165, 1.54) is 6.21 Å². The number of aromatic nitrogens is 2. The molecule has 2 heterocycles. The van der Waals surface area contributed by atoms with Gasteiger partial charge in [0.25, 0.3) is 0 Å². The molecule has 0 fully saturated rings. The fourth-order valence-electron chi connectivity index (χ4n) is 1.53. The Kier molecular flexibility index (Phi) is 4.51. The van der Waals surface area contributed by atoms with Gasteiger partial charge in [0, 0.05) is 18.0 Å². The smallest absolute Gasteiger partial charge is 0.151 e. The van der Waals surface area contributed by atoms with Gasteiger partial charge in [-0.1, -0.05) is 4.40 Å². The van der Waals surface area contributed by atoms with Crippen molar-refractivity contribution in [1.82, 2.24) is 9.38 Å². The second-order valence-electron chi connectivity index (χ2n) is 5.32. The number of rotatable bonds is 3. The molecule has 0 unspecified atom stereocenters. The van der Waals surface area contributed by atoms with Crippen LogP contribution in [0.25, 0.3) is 5.65 Å². The van der Waals surface area contributed by atoms with Crippen molar-refractivity contribution in [3.63, 3.8) is 0 Å². The van der Waals surface area contributed by atoms with Gasteiger partial charge in [-0.2, -0.15) is 0 Å². The van der Waals surface area contributed by atoms with E-state index >= 15 is 0 Å². The summed E-state index contributed by atoms with van der Waals surface area (Å²) >= 11 is 2.04. The van der Waals surface area contributed by atoms with Crippen molar-refractivity contribution in [2.45, 2.75) is 32.2 Å². The number of pyridine rings is 1. The minimum absolute atomic E-state index is 0.405. The quantitative estimate of drug-likeness (QED) is 0.622. The molecule has 20 heavy (non-hydrogen) atoms. The molecule has 0 aliphatic rings. The fourth-order valence-corrected chi connectivity index (χ4v) is 2.63. The standard InChI is InChI=1S/C13H15BrFN3OS/c1-13(2,3)20(19)16-6-10-8-18-7-9(5-15)4-11(14)12(18)17-10/h4,6-8H,5H2,1-3H3/b16-6+/t20-/m1/s1. The molecular formula is C13H15BrFN3OS. The van der Waals surface area contributed by atoms with E-state index in [1.807, 2.05) is 20.8 Å². The van der Waals surface area contributed by atoms with Crippen molar-refractivity contribution >= 4 is 39.2 Å². The van der Waals surface area contributed by atoms with Gasteiger partial charge in [-0.05, 0) is 42.8 Å². The van der Waals surface area contributed by atoms with Crippen LogP contribution in [0.4, 0.5) is 4.39 Å². The first-order chi connectivity index (χ1) is 9.31. The average Bonchev–Trinajstić information content (AvgIpc) is 2.78. The average molecular weight is 360 g/mol. The summed E-state index contributed by atoms with van der Waals surface area (Å²) in [5.74, 6) is 0. The molecule has 0 aliphatic carbocycles. The Bertz CT molecular complexity index is 651. The molecule has 0 bridgehead atoms. The zero-order valence-corrected chi connectivity index (χ0v) is 13.8. The Morgan fingerprint density at radius 2 is 2.20 bits per heavy atom. The van der Waals surface area contributed by atoms with Crippen LogP contribution in [0, 0.1) is 0 Å². The summed E-state index contributed by atoms with van der Waals surface area (Å²) in [7, 11) is 0. The lowest BCUT2D eigenvalue weighted by atomic mass is 10.3. The first-order valence-electron chi connectivity index (χ1n) is 6.00. The molecule has 2 rings (SSSR count). The van der Waals surface area contributed by atoms with Crippen molar-refractivity contribution < 1.29 is 8.94 Å². The van der Waals surface area contributed by atoms with Gasteiger partial charge in [-0.15, -0.1) is 0 Å². The van der Waals surface area contributed by atoms with Crippen LogP contribution in [0.15, 0.2) is 27.3 Å². The number of halogens is 2. The summed E-state index contributed by atoms with van der Waals surface area (Å²) in [4.78, 5) is 4.35. The second-order valence-corrected chi connectivity index (χ2v) is 8.11. The molecule has 0 aliphatic heterocycles. The van der Waals surface area contributed by atoms with Gasteiger partial charge in [0.2, 0.25) is 0 Å². The SMILES string of the molecule is CC(C)(C)[S@@+]([O-])/N=C/c1cn2cc(CF)cc(Br)c2n1. The minimum atomic E-state index is -1.32. The maximum Gasteiger partial charge on any atom is 0.151 e. The monoisotopic (exact) mass is 359 g/mol. The maximum atomic E-state index is 12.7. The molecule has 4 nitrogen and oxygen atoms in total. The Labute approximate surface area is 128 Å². The van der Waals surface area contributed by atoms with Crippen molar-refractivity contribution in [3.8, 4) is 0 Å². The second kappa shape index (κ2) is 5.83. The number of alkyl halides is 1. The first-order valence-corrected chi connectivity index (χ1v) is 7.90. The molecule has 7 heteroatoms. The summed E-state index contributed by atoms with van der Waals surface area (Å²) in [5.41, 5.74) is 1.81. The van der Waals surface area contributed by atoms with Crippen LogP contribution in [0.2, 0.25) is 0 Å². The zero-order chi connectivity index (χ0) is 14.9. The normalized spacial score (nSPS) is 14.3. The highest BCUT2D eigenvalue weighted by Gasteiger charge is 2.25. The molecule has 0 N–H and O–H groups in total. The highest BCUT2D eigenvalue weighted by atomic mass is 79.9. The molecule has 0 radical (unpaired) electrons. The molecule has 2 aromatic heterocycles. The Morgan fingerprint density at radius 3 is 2.80 bits per heavy atom. The van der Waals surface area contributed by atoms with Gasteiger partial charge in [0.15, 0.2) is 5.65 Å². The largest absolute Gasteiger partial charge is 0.591 e. The predicted octanol–water partition coefficient (Wildman–Crippen LogP) is 3.45. The van der Waals surface area contributed by atoms with Gasteiger partial charge in [-0.25, -0.2) is 9.37 Å². The molecule has 0 spiro atoms. The Morgan fingerprint density at radius 1 is 1.50 bits per heavy atom. The lowest BCUT2D eigenvalue weighted by Gasteiger charge is -2.17. The van der Waals surface area contributed by atoms with Gasteiger partial charge in [0.05, 0.1) is 4.47 Å². The number of hydrogen-bond donors (Lipinski definition) is 0. The molecule has 108 valence electrons. The van der Waals surface area contributed by atoms with E-state index in [4.69, 9.17) is 0 Å². The van der Waals surface area contributed by atoms with Gasteiger partial charge < -0.3 is 8.95 Å². The summed E-state index contributed by atoms with van der Waals surface area (Å²) in [6, 6.07) is 1.69. The van der Waals surface area contributed by atoms with Crippen LogP contribution in [0.3, 0.4) is 0 Å². The number of nitrogens with zero attached hydrogens (tertiary/aromatic N) is 3. The van der Waals surface area contributed by atoms with Crippen LogP contribution < -0.4 is 0 Å². The summed E-state index contributed by atoms with van der Waals surface area (Å²) in [6.45, 7) is 5.03. The maximum absolute atomic E-state index is 12.7. The van der Waals surface area contributed by atoms with Crippen molar-refractivity contribution in [1.29, 1.82) is 0 Å². The lowest BCUT2D eigenvalue weighted by Crippen LogP contribution is -2.25. The summed E-state index contributed by atoms with van der Waals surface area (Å²) in [5, 5.41) is 0. The Hall–Kier alpha value is -0.920. The first kappa shape index (κ1) is 15.5. The zero-order valence-electron chi connectivity index (χ0n) is 11.4. The molecular weight excluding hydrogens is 345 g/mol. The van der Waals surface area contributed by atoms with Crippen LogP contribution in [0.1, 0.15) is 32.0 Å². The summed E-state index contributed by atoms with van der Waals surface area (Å²) < 4.78 is 30.6. The highest BCUT2D eigenvalue weighted by Crippen LogP contribution is 2.21. The Balaban J connectivity index is 2.33. The molecule has 2 aromatic rings. The third kappa shape index (κ3) is 3.39. The van der Waals surface area contributed by atoms with Gasteiger partial charge in [0.1, 0.15) is 34.7 Å². The fraction of sp³-hybridized carbons (Fsp3) is 0.385. The van der Waals surface area contributed by atoms with Gasteiger partial charge in [-0.3, -0.25) is 0 Å². The topological polar surface area (TPSA) is 52.7 Å². The van der Waals surface area contributed by atoms with Crippen LogP contribution in [-0.2, 0) is 18.0 Å². The van der Waals surface area contributed by atoms with Gasteiger partial charge >= 0.3 is 0 Å². The molecule has 1 atom stereocenters. The van der Waals surface area contributed by atoms with E-state index in [9.17, 15) is 8.94 Å². The molecule has 0 aromatic carbocycles.